The monoisotopic (exact) mass is 392 g/mol. The van der Waals surface area contributed by atoms with Crippen LogP contribution >= 0.6 is 11.6 Å². The Labute approximate surface area is 164 Å². The summed E-state index contributed by atoms with van der Waals surface area (Å²) >= 11 is 5.97. The molecule has 8 heteroatoms. The lowest BCUT2D eigenvalue weighted by Crippen LogP contribution is -2.34. The number of hydrogen-bond acceptors (Lipinski definition) is 7. The highest BCUT2D eigenvalue weighted by Crippen LogP contribution is 2.16. The molecule has 1 aliphatic rings. The Morgan fingerprint density at radius 3 is 2.59 bits per heavy atom. The van der Waals surface area contributed by atoms with Gasteiger partial charge in [-0.15, -0.1) is 0 Å². The summed E-state index contributed by atoms with van der Waals surface area (Å²) < 4.78 is 5.06. The first-order valence-electron chi connectivity index (χ1n) is 8.86. The number of carbonyl (C=O) groups excluding carboxylic acids is 2. The molecule has 0 spiro atoms. The highest BCUT2D eigenvalue weighted by Gasteiger charge is 2.20. The number of rotatable bonds is 9. The maximum atomic E-state index is 12.3. The average Bonchev–Trinajstić information content (AvgIpc) is 3.13. The van der Waals surface area contributed by atoms with Crippen molar-refractivity contribution in [3.8, 4) is 0 Å². The molecule has 7 nitrogen and oxygen atoms in total. The molecule has 1 aliphatic heterocycles. The molecule has 1 fully saturated rings. The van der Waals surface area contributed by atoms with E-state index in [4.69, 9.17) is 27.5 Å². The molecule has 1 saturated heterocycles. The average molecular weight is 393 g/mol. The van der Waals surface area contributed by atoms with E-state index in [1.165, 1.54) is 19.8 Å². The highest BCUT2D eigenvalue weighted by molar-refractivity contribution is 6.34. The van der Waals surface area contributed by atoms with Gasteiger partial charge in [0.2, 0.25) is 5.78 Å². The van der Waals surface area contributed by atoms with Gasteiger partial charge >= 0.3 is 5.97 Å². The Morgan fingerprint density at radius 2 is 1.96 bits per heavy atom. The third kappa shape index (κ3) is 6.08. The van der Waals surface area contributed by atoms with E-state index >= 15 is 0 Å². The molecule has 0 atom stereocenters. The Hall–Kier alpha value is -2.38. The van der Waals surface area contributed by atoms with Crippen molar-refractivity contribution in [3.05, 3.63) is 46.2 Å². The number of ketones is 1. The number of benzene rings is 1. The number of nitrogens with zero attached hydrogens (tertiary/aromatic N) is 1. The van der Waals surface area contributed by atoms with Crippen LogP contribution in [0.4, 0.5) is 0 Å². The van der Waals surface area contributed by atoms with E-state index in [1.807, 2.05) is 0 Å². The first kappa shape index (κ1) is 20.9. The quantitative estimate of drug-likeness (QED) is 0.256. The minimum Gasteiger partial charge on any atom is -0.454 e. The number of hydrogen-bond donors (Lipinski definition) is 3. The lowest BCUT2D eigenvalue weighted by atomic mass is 10.1. The van der Waals surface area contributed by atoms with Crippen LogP contribution in [0.2, 0.25) is 5.02 Å². The van der Waals surface area contributed by atoms with Crippen molar-refractivity contribution in [1.82, 2.24) is 10.2 Å². The zero-order valence-corrected chi connectivity index (χ0v) is 16.1. The summed E-state index contributed by atoms with van der Waals surface area (Å²) in [5.74, 6) is -1.15. The second kappa shape index (κ2) is 10.1. The summed E-state index contributed by atoms with van der Waals surface area (Å²) in [6.07, 6.45) is 2.39. The number of carbonyl (C=O) groups is 2. The third-order valence-electron chi connectivity index (χ3n) is 4.30. The van der Waals surface area contributed by atoms with Gasteiger partial charge in [0.05, 0.1) is 5.02 Å². The Bertz CT molecular complexity index is 742. The normalized spacial score (nSPS) is 15.2. The first-order valence-corrected chi connectivity index (χ1v) is 9.24. The summed E-state index contributed by atoms with van der Waals surface area (Å²) in [7, 11) is 0. The molecule has 0 unspecified atom stereocenters. The smallest absolute Gasteiger partial charge is 0.344 e. The van der Waals surface area contributed by atoms with Crippen LogP contribution in [0, 0.1) is 5.41 Å². The van der Waals surface area contributed by atoms with E-state index in [0.717, 1.165) is 19.6 Å². The van der Waals surface area contributed by atoms with Gasteiger partial charge in [-0.3, -0.25) is 4.79 Å². The van der Waals surface area contributed by atoms with Crippen LogP contribution in [0.1, 0.15) is 30.1 Å². The Morgan fingerprint density at radius 1 is 1.30 bits per heavy atom. The fourth-order valence-electron chi connectivity index (χ4n) is 2.88. The molecular formula is C19H25ClN4O3. The highest BCUT2D eigenvalue weighted by atomic mass is 35.5. The molecule has 1 heterocycles. The van der Waals surface area contributed by atoms with Gasteiger partial charge in [0.25, 0.3) is 0 Å². The summed E-state index contributed by atoms with van der Waals surface area (Å²) in [6, 6.07) is 6.53. The molecule has 4 N–H and O–H groups in total. The number of likely N-dealkylation sites (tertiary alicyclic amines) is 1. The molecule has 0 radical (unpaired) electrons. The lowest BCUT2D eigenvalue weighted by molar-refractivity contribution is -0.137. The zero-order valence-electron chi connectivity index (χ0n) is 15.4. The van der Waals surface area contributed by atoms with Crippen LogP contribution in [0.15, 0.2) is 35.7 Å². The van der Waals surface area contributed by atoms with Gasteiger partial charge in [-0.05, 0) is 45.0 Å². The van der Waals surface area contributed by atoms with E-state index in [1.54, 1.807) is 24.3 Å². The van der Waals surface area contributed by atoms with Gasteiger partial charge < -0.3 is 26.1 Å². The van der Waals surface area contributed by atoms with Crippen LogP contribution in [0.3, 0.4) is 0 Å². The van der Waals surface area contributed by atoms with Crippen LogP contribution in [0.5, 0.6) is 0 Å². The molecule has 0 aliphatic carbocycles. The van der Waals surface area contributed by atoms with Crippen molar-refractivity contribution in [3.63, 3.8) is 0 Å². The van der Waals surface area contributed by atoms with Gasteiger partial charge in [0.15, 0.2) is 6.61 Å². The fraction of sp³-hybridized carbons (Fsp3) is 0.421. The fourth-order valence-corrected chi connectivity index (χ4v) is 3.12. The van der Waals surface area contributed by atoms with Crippen molar-refractivity contribution in [2.45, 2.75) is 19.8 Å². The molecule has 0 amide bonds. The largest absolute Gasteiger partial charge is 0.454 e. The number of nitrogens with one attached hydrogen (secondary N) is 2. The molecule has 2 rings (SSSR count). The standard InChI is InChI=1S/C19H25ClN4O3/c1-13(21)17(18(22)23-8-11-24-9-4-5-10-24)19(26)27-12-16(25)14-6-2-3-7-15(14)20/h2-3,6-7,21,23H,4-5,8-12,22H2,1H3/b18-17+,21-13?. The minimum atomic E-state index is -0.811. The first-order chi connectivity index (χ1) is 12.9. The number of esters is 1. The lowest BCUT2D eigenvalue weighted by Gasteiger charge is -2.17. The Kier molecular flexibility index (Phi) is 7.82. The maximum absolute atomic E-state index is 12.3. The van der Waals surface area contributed by atoms with Crippen LogP contribution < -0.4 is 11.1 Å². The van der Waals surface area contributed by atoms with E-state index in [2.05, 4.69) is 10.2 Å². The predicted octanol–water partition coefficient (Wildman–Crippen LogP) is 1.96. The summed E-state index contributed by atoms with van der Waals surface area (Å²) in [5, 5.41) is 11.1. The second-order valence-corrected chi connectivity index (χ2v) is 6.78. The van der Waals surface area contributed by atoms with E-state index in [0.29, 0.717) is 11.6 Å². The van der Waals surface area contributed by atoms with Crippen molar-refractivity contribution in [1.29, 1.82) is 5.41 Å². The molecule has 1 aromatic rings. The number of nitrogens with two attached hydrogens (primary N) is 1. The van der Waals surface area contributed by atoms with Crippen LogP contribution in [-0.4, -0.2) is 55.2 Å². The zero-order chi connectivity index (χ0) is 19.8. The molecule has 146 valence electrons. The van der Waals surface area contributed by atoms with Gasteiger partial charge in [-0.1, -0.05) is 23.7 Å². The molecule has 1 aromatic carbocycles. The molecule has 0 aromatic heterocycles. The second-order valence-electron chi connectivity index (χ2n) is 6.37. The molecule has 27 heavy (non-hydrogen) atoms. The summed E-state index contributed by atoms with van der Waals surface area (Å²) in [4.78, 5) is 26.8. The predicted molar refractivity (Wildman–Crippen MR) is 105 cm³/mol. The van der Waals surface area contributed by atoms with E-state index < -0.39 is 18.4 Å². The van der Waals surface area contributed by atoms with E-state index in [9.17, 15) is 9.59 Å². The Balaban J connectivity index is 1.93. The number of Topliss-reactive ketones (excluding diaryl/α,β-unsaturated/α-hetero) is 1. The minimum absolute atomic E-state index is 0.0311. The SMILES string of the molecule is CC(=N)/C(C(=O)OCC(=O)c1ccccc1Cl)=C(/N)NCCN1CCCC1. The molecule has 0 bridgehead atoms. The van der Waals surface area contributed by atoms with Crippen molar-refractivity contribution in [2.75, 3.05) is 32.8 Å². The maximum Gasteiger partial charge on any atom is 0.344 e. The van der Waals surface area contributed by atoms with Crippen molar-refractivity contribution < 1.29 is 14.3 Å². The number of halogens is 1. The molecular weight excluding hydrogens is 368 g/mol. The van der Waals surface area contributed by atoms with Gasteiger partial charge in [-0.2, -0.15) is 0 Å². The topological polar surface area (TPSA) is 109 Å². The van der Waals surface area contributed by atoms with Gasteiger partial charge in [0, 0.05) is 24.4 Å². The van der Waals surface area contributed by atoms with Crippen LogP contribution in [0.25, 0.3) is 0 Å². The van der Waals surface area contributed by atoms with Gasteiger partial charge in [-0.25, -0.2) is 4.79 Å². The summed E-state index contributed by atoms with van der Waals surface area (Å²) in [6.45, 7) is 4.48. The van der Waals surface area contributed by atoms with E-state index in [-0.39, 0.29) is 22.7 Å². The van der Waals surface area contributed by atoms with Gasteiger partial charge in [0.1, 0.15) is 11.4 Å². The van der Waals surface area contributed by atoms with Crippen LogP contribution in [-0.2, 0) is 9.53 Å². The van der Waals surface area contributed by atoms with Crippen molar-refractivity contribution in [2.24, 2.45) is 5.73 Å². The van der Waals surface area contributed by atoms with Crippen molar-refractivity contribution >= 4 is 29.1 Å². The molecule has 0 saturated carbocycles. The summed E-state index contributed by atoms with van der Waals surface area (Å²) in [5.41, 5.74) is 6.13. The number of ether oxygens (including phenoxy) is 1. The third-order valence-corrected chi connectivity index (χ3v) is 4.63.